The average Bonchev–Trinajstić information content (AvgIpc) is 2.80. The number of amides is 1. The number of benzene rings is 3. The number of rotatable bonds is 9. The van der Waals surface area contributed by atoms with Crippen molar-refractivity contribution in [1.29, 1.82) is 0 Å². The number of nitrogens with one attached hydrogen (secondary N) is 1. The van der Waals surface area contributed by atoms with Crippen LogP contribution in [0.4, 0.5) is 30.7 Å². The van der Waals surface area contributed by atoms with Crippen LogP contribution >= 0.6 is 0 Å². The third kappa shape index (κ3) is 7.94. The third-order valence-electron chi connectivity index (χ3n) is 5.65. The number of aryl methyl sites for hydroxylation is 2. The summed E-state index contributed by atoms with van der Waals surface area (Å²) in [5.41, 5.74) is 6.85. The van der Waals surface area contributed by atoms with Crippen LogP contribution in [0.1, 0.15) is 46.3 Å². The largest absolute Gasteiger partial charge is 0.573 e. The summed E-state index contributed by atoms with van der Waals surface area (Å²) in [6.45, 7) is 1.84. The molecule has 0 saturated heterocycles. The molecule has 3 aromatic carbocycles. The molecule has 1 amide bonds. The van der Waals surface area contributed by atoms with Gasteiger partial charge in [0.05, 0.1) is 5.56 Å². The number of hydrogen-bond donors (Lipinski definition) is 2. The van der Waals surface area contributed by atoms with E-state index in [1.54, 1.807) is 24.3 Å². The van der Waals surface area contributed by atoms with Crippen molar-refractivity contribution in [3.63, 3.8) is 0 Å². The van der Waals surface area contributed by atoms with Crippen LogP contribution in [0, 0.1) is 12.7 Å². The maximum absolute atomic E-state index is 14.0. The van der Waals surface area contributed by atoms with Crippen molar-refractivity contribution in [2.45, 2.75) is 44.4 Å². The molecule has 0 aliphatic carbocycles. The topological polar surface area (TPSA) is 64.3 Å². The quantitative estimate of drug-likeness (QED) is 0.310. The number of carbonyl (C=O) groups is 1. The van der Waals surface area contributed by atoms with E-state index in [2.05, 4.69) is 10.1 Å². The average molecular weight is 528 g/mol. The first-order valence-corrected chi connectivity index (χ1v) is 11.1. The fourth-order valence-corrected chi connectivity index (χ4v) is 3.76. The van der Waals surface area contributed by atoms with Crippen LogP contribution in [0.25, 0.3) is 0 Å². The van der Waals surface area contributed by atoms with Crippen molar-refractivity contribution in [3.8, 4) is 5.75 Å². The summed E-state index contributed by atoms with van der Waals surface area (Å²) in [7, 11) is 0. The van der Waals surface area contributed by atoms with Crippen molar-refractivity contribution in [2.24, 2.45) is 5.73 Å². The summed E-state index contributed by atoms with van der Waals surface area (Å²) >= 11 is 0. The molecule has 0 aliphatic rings. The van der Waals surface area contributed by atoms with Gasteiger partial charge in [-0.15, -0.1) is 13.2 Å². The van der Waals surface area contributed by atoms with Crippen molar-refractivity contribution in [3.05, 3.63) is 100 Å². The first-order chi connectivity index (χ1) is 17.2. The van der Waals surface area contributed by atoms with Gasteiger partial charge in [-0.05, 0) is 60.7 Å². The van der Waals surface area contributed by atoms with Gasteiger partial charge in [0, 0.05) is 6.04 Å². The molecule has 198 valence electrons. The normalized spacial score (nSPS) is 13.7. The summed E-state index contributed by atoms with van der Waals surface area (Å²) in [6.07, 6.45) is -9.34. The van der Waals surface area contributed by atoms with Gasteiger partial charge in [0.15, 0.2) is 11.6 Å². The molecule has 0 aromatic heterocycles. The molecule has 4 nitrogen and oxygen atoms in total. The van der Waals surface area contributed by atoms with Crippen molar-refractivity contribution >= 4 is 5.91 Å². The van der Waals surface area contributed by atoms with Crippen LogP contribution in [0.3, 0.4) is 0 Å². The fourth-order valence-electron chi connectivity index (χ4n) is 3.76. The molecule has 37 heavy (non-hydrogen) atoms. The second-order valence-corrected chi connectivity index (χ2v) is 8.44. The highest BCUT2D eigenvalue weighted by Crippen LogP contribution is 2.32. The Bertz CT molecular complexity index is 1210. The molecule has 0 aliphatic heterocycles. The zero-order valence-electron chi connectivity index (χ0n) is 19.5. The summed E-state index contributed by atoms with van der Waals surface area (Å²) in [6, 6.07) is 12.2. The molecule has 3 aromatic rings. The Balaban J connectivity index is 1.93. The number of hydrogen-bond acceptors (Lipinski definition) is 3. The first kappa shape index (κ1) is 28.0. The van der Waals surface area contributed by atoms with Gasteiger partial charge in [0.2, 0.25) is 5.91 Å². The number of nitrogens with two attached hydrogens (primary N) is 1. The monoisotopic (exact) mass is 528 g/mol. The van der Waals surface area contributed by atoms with E-state index >= 15 is 0 Å². The molecule has 11 heteroatoms. The molecule has 2 atom stereocenters. The van der Waals surface area contributed by atoms with Gasteiger partial charge in [-0.2, -0.15) is 13.2 Å². The number of alkyl halides is 6. The minimum Gasteiger partial charge on any atom is -0.403 e. The molecule has 3 rings (SSSR count). The highest BCUT2D eigenvalue weighted by molar-refractivity contribution is 5.81. The standard InChI is InChI=1S/C26H23F7N2O2/c1-15-2-7-17(8-3-15)23(24(34)36)35-21(13-6-16-4-10-19(11-5-16)25(28,29)30)18-9-12-20(27)22(14-18)37-26(31,32)33/h2-5,7-12,14,21,23,35H,6,13H2,1H3,(H2,34,36)/t21-,23?/m0/s1. The van der Waals surface area contributed by atoms with Crippen molar-refractivity contribution < 1.29 is 40.3 Å². The van der Waals surface area contributed by atoms with E-state index in [4.69, 9.17) is 5.73 Å². The van der Waals surface area contributed by atoms with Crippen LogP contribution < -0.4 is 15.8 Å². The molecular formula is C26H23F7N2O2. The van der Waals surface area contributed by atoms with Gasteiger partial charge in [0.1, 0.15) is 6.04 Å². The Morgan fingerprint density at radius 2 is 1.51 bits per heavy atom. The molecule has 0 bridgehead atoms. The summed E-state index contributed by atoms with van der Waals surface area (Å²) < 4.78 is 94.7. The Labute approximate surface area is 208 Å². The number of ether oxygens (including phenoxy) is 1. The second-order valence-electron chi connectivity index (χ2n) is 8.44. The smallest absolute Gasteiger partial charge is 0.403 e. The minimum absolute atomic E-state index is 0.123. The molecular weight excluding hydrogens is 505 g/mol. The third-order valence-corrected chi connectivity index (χ3v) is 5.65. The maximum atomic E-state index is 14.0. The first-order valence-electron chi connectivity index (χ1n) is 11.1. The lowest BCUT2D eigenvalue weighted by molar-refractivity contribution is -0.275. The van der Waals surface area contributed by atoms with E-state index < -0.39 is 47.7 Å². The summed E-state index contributed by atoms with van der Waals surface area (Å²) in [4.78, 5) is 12.3. The molecule has 1 unspecified atom stereocenters. The van der Waals surface area contributed by atoms with Crippen LogP contribution in [-0.4, -0.2) is 12.3 Å². The van der Waals surface area contributed by atoms with E-state index in [1.807, 2.05) is 6.92 Å². The second kappa shape index (κ2) is 11.2. The molecule has 0 saturated carbocycles. The fraction of sp³-hybridized carbons (Fsp3) is 0.269. The Morgan fingerprint density at radius 1 is 0.919 bits per heavy atom. The molecule has 0 spiro atoms. The predicted molar refractivity (Wildman–Crippen MR) is 122 cm³/mol. The molecule has 0 fully saturated rings. The van der Waals surface area contributed by atoms with Gasteiger partial charge in [-0.25, -0.2) is 4.39 Å². The molecule has 0 heterocycles. The van der Waals surface area contributed by atoms with E-state index in [1.165, 1.54) is 18.2 Å². The Kier molecular flexibility index (Phi) is 8.47. The van der Waals surface area contributed by atoms with Crippen LogP contribution in [-0.2, 0) is 17.4 Å². The number of carbonyl (C=O) groups excluding carboxylic acids is 1. The van der Waals surface area contributed by atoms with Gasteiger partial charge in [-0.3, -0.25) is 10.1 Å². The lowest BCUT2D eigenvalue weighted by atomic mass is 9.95. The SMILES string of the molecule is Cc1ccc(C(N[C@@H](CCc2ccc(C(F)(F)F)cc2)c2ccc(F)c(OC(F)(F)F)c2)C(N)=O)cc1. The molecule has 0 radical (unpaired) electrons. The Hall–Kier alpha value is -3.60. The zero-order chi connectivity index (χ0) is 27.4. The summed E-state index contributed by atoms with van der Waals surface area (Å²) in [5.74, 6) is -3.07. The van der Waals surface area contributed by atoms with Crippen LogP contribution in [0.15, 0.2) is 66.7 Å². The van der Waals surface area contributed by atoms with Crippen LogP contribution in [0.2, 0.25) is 0 Å². The minimum atomic E-state index is -5.14. The maximum Gasteiger partial charge on any atom is 0.573 e. The van der Waals surface area contributed by atoms with E-state index in [9.17, 15) is 35.5 Å². The van der Waals surface area contributed by atoms with Crippen molar-refractivity contribution in [2.75, 3.05) is 0 Å². The van der Waals surface area contributed by atoms with Gasteiger partial charge >= 0.3 is 12.5 Å². The van der Waals surface area contributed by atoms with E-state index in [0.717, 1.165) is 29.8 Å². The van der Waals surface area contributed by atoms with Crippen LogP contribution in [0.5, 0.6) is 5.75 Å². The lowest BCUT2D eigenvalue weighted by Crippen LogP contribution is -2.36. The number of halogens is 7. The van der Waals surface area contributed by atoms with E-state index in [0.29, 0.717) is 11.1 Å². The predicted octanol–water partition coefficient (Wildman–Crippen LogP) is 6.54. The molecule has 3 N–H and O–H groups in total. The van der Waals surface area contributed by atoms with Gasteiger partial charge in [-0.1, -0.05) is 48.0 Å². The highest BCUT2D eigenvalue weighted by atomic mass is 19.4. The zero-order valence-corrected chi connectivity index (χ0v) is 19.5. The van der Waals surface area contributed by atoms with Crippen molar-refractivity contribution in [1.82, 2.24) is 5.32 Å². The summed E-state index contributed by atoms with van der Waals surface area (Å²) in [5, 5.41) is 3.01. The Morgan fingerprint density at radius 3 is 2.05 bits per heavy atom. The number of primary amides is 1. The lowest BCUT2D eigenvalue weighted by Gasteiger charge is -2.26. The van der Waals surface area contributed by atoms with E-state index in [-0.39, 0.29) is 18.4 Å². The van der Waals surface area contributed by atoms with Gasteiger partial charge in [0.25, 0.3) is 0 Å². The highest BCUT2D eigenvalue weighted by Gasteiger charge is 2.33. The van der Waals surface area contributed by atoms with Gasteiger partial charge < -0.3 is 10.5 Å².